The third-order valence-corrected chi connectivity index (χ3v) is 6.70. The van der Waals surface area contributed by atoms with Gasteiger partial charge in [-0.2, -0.15) is 0 Å². The standard InChI is InChI=1S/C23H25N3O6S/c1-3-31-22(28)18-16-8-6-4-5-7-9-17(16)33-21(18)24-20(27)19-23(29)32-25-26(19)14-10-12-15(30-2)13-11-14/h10-13H,3-9H2,1-2H3,(H-,24,25,27,28,29). The summed E-state index contributed by atoms with van der Waals surface area (Å²) in [6.45, 7) is 1.95. The van der Waals surface area contributed by atoms with E-state index in [-0.39, 0.29) is 17.3 Å². The van der Waals surface area contributed by atoms with Gasteiger partial charge in [-0.1, -0.05) is 12.8 Å². The van der Waals surface area contributed by atoms with Crippen molar-refractivity contribution in [2.75, 3.05) is 13.7 Å². The van der Waals surface area contributed by atoms with E-state index in [0.717, 1.165) is 49.0 Å². The van der Waals surface area contributed by atoms with E-state index in [4.69, 9.17) is 14.0 Å². The van der Waals surface area contributed by atoms with Gasteiger partial charge in [-0.25, -0.2) is 14.6 Å². The maximum absolute atomic E-state index is 13.2. The first-order valence-electron chi connectivity index (χ1n) is 10.9. The number of nitrogens with zero attached hydrogens (tertiary/aromatic N) is 2. The quantitative estimate of drug-likeness (QED) is 0.255. The van der Waals surface area contributed by atoms with Crippen LogP contribution in [0.5, 0.6) is 5.75 Å². The first-order valence-corrected chi connectivity index (χ1v) is 11.7. The minimum atomic E-state index is -0.854. The van der Waals surface area contributed by atoms with E-state index in [2.05, 4.69) is 10.3 Å². The van der Waals surface area contributed by atoms with Gasteiger partial charge >= 0.3 is 17.3 Å². The molecule has 1 N–H and O–H groups in total. The molecule has 1 aliphatic carbocycles. The van der Waals surface area contributed by atoms with Crippen molar-refractivity contribution in [1.29, 1.82) is 0 Å². The number of carbonyl (C=O) groups is 1. The Balaban J connectivity index is 1.79. The molecule has 0 unspecified atom stereocenters. The molecule has 0 amide bonds. The minimum absolute atomic E-state index is 0.218. The third-order valence-electron chi connectivity index (χ3n) is 5.52. The maximum atomic E-state index is 13.2. The molecule has 0 atom stereocenters. The van der Waals surface area contributed by atoms with Crippen molar-refractivity contribution in [2.45, 2.75) is 45.4 Å². The molecule has 10 heteroatoms. The van der Waals surface area contributed by atoms with Gasteiger partial charge in [0.15, 0.2) is 0 Å². The average Bonchev–Trinajstić information content (AvgIpc) is 3.34. The van der Waals surface area contributed by atoms with Crippen LogP contribution in [0.25, 0.3) is 5.69 Å². The van der Waals surface area contributed by atoms with Crippen molar-refractivity contribution in [3.05, 3.63) is 56.4 Å². The van der Waals surface area contributed by atoms with Gasteiger partial charge in [0.2, 0.25) is 5.69 Å². The molecule has 33 heavy (non-hydrogen) atoms. The Labute approximate surface area is 194 Å². The van der Waals surface area contributed by atoms with Crippen LogP contribution in [0.4, 0.5) is 5.00 Å². The molecule has 2 heterocycles. The monoisotopic (exact) mass is 471 g/mol. The third kappa shape index (κ3) is 4.70. The van der Waals surface area contributed by atoms with Crippen LogP contribution in [-0.4, -0.2) is 30.9 Å². The van der Waals surface area contributed by atoms with Gasteiger partial charge < -0.3 is 14.6 Å². The van der Waals surface area contributed by atoms with E-state index in [1.807, 2.05) is 0 Å². The number of carbonyl (C=O) groups excluding carboxylic acids is 1. The molecule has 0 aliphatic heterocycles. The van der Waals surface area contributed by atoms with E-state index in [1.165, 1.54) is 16.0 Å². The van der Waals surface area contributed by atoms with Gasteiger partial charge in [0.25, 0.3) is 0 Å². The Kier molecular flexibility index (Phi) is 6.93. The van der Waals surface area contributed by atoms with E-state index in [1.54, 1.807) is 38.3 Å². The molecular weight excluding hydrogens is 446 g/mol. The summed E-state index contributed by atoms with van der Waals surface area (Å²) in [5, 5.41) is 15.9. The summed E-state index contributed by atoms with van der Waals surface area (Å²) < 4.78 is 16.5. The van der Waals surface area contributed by atoms with E-state index < -0.39 is 17.5 Å². The first kappa shape index (κ1) is 22.8. The molecule has 0 fully saturated rings. The van der Waals surface area contributed by atoms with Crippen LogP contribution in [0, 0.1) is 0 Å². The highest BCUT2D eigenvalue weighted by atomic mass is 32.1. The number of aryl methyl sites for hydroxylation is 1. The summed E-state index contributed by atoms with van der Waals surface area (Å²) >= 11 is 1.32. The molecule has 0 spiro atoms. The van der Waals surface area contributed by atoms with Crippen LogP contribution < -0.4 is 20.2 Å². The number of H-pyrrole nitrogens is 1. The zero-order valence-electron chi connectivity index (χ0n) is 18.5. The predicted molar refractivity (Wildman–Crippen MR) is 120 cm³/mol. The van der Waals surface area contributed by atoms with Crippen molar-refractivity contribution < 1.29 is 28.6 Å². The van der Waals surface area contributed by atoms with Crippen molar-refractivity contribution in [3.63, 3.8) is 0 Å². The molecule has 0 saturated heterocycles. The number of aliphatic imine (C=N–C) groups is 1. The van der Waals surface area contributed by atoms with Gasteiger partial charge in [-0.3, -0.25) is 4.52 Å². The second-order valence-corrected chi connectivity index (χ2v) is 8.68. The number of hydrogen-bond donors (Lipinski definition) is 1. The van der Waals surface area contributed by atoms with E-state index in [0.29, 0.717) is 17.0 Å². The minimum Gasteiger partial charge on any atom is -0.854 e. The Bertz CT molecular complexity index is 1220. The lowest BCUT2D eigenvalue weighted by Crippen LogP contribution is -2.44. The first-order chi connectivity index (χ1) is 16.0. The predicted octanol–water partition coefficient (Wildman–Crippen LogP) is 2.59. The second kappa shape index (κ2) is 10.0. The highest BCUT2D eigenvalue weighted by Gasteiger charge is 2.28. The summed E-state index contributed by atoms with van der Waals surface area (Å²) in [6, 6.07) is 6.72. The van der Waals surface area contributed by atoms with Crippen LogP contribution in [0.3, 0.4) is 0 Å². The fourth-order valence-electron chi connectivity index (χ4n) is 3.91. The summed E-state index contributed by atoms with van der Waals surface area (Å²) in [5.41, 5.74) is 0.587. The number of fused-ring (bicyclic) bond motifs is 1. The molecule has 1 aromatic carbocycles. The van der Waals surface area contributed by atoms with Gasteiger partial charge in [0, 0.05) is 17.0 Å². The van der Waals surface area contributed by atoms with Gasteiger partial charge in [0.1, 0.15) is 10.8 Å². The van der Waals surface area contributed by atoms with Gasteiger partial charge in [-0.05, 0) is 60.3 Å². The highest BCUT2D eigenvalue weighted by Crippen LogP contribution is 2.39. The second-order valence-electron chi connectivity index (χ2n) is 7.60. The number of aromatic nitrogens is 2. The van der Waals surface area contributed by atoms with Gasteiger partial charge in [-0.15, -0.1) is 11.3 Å². The fraction of sp³-hybridized carbons (Fsp3) is 0.391. The lowest BCUT2D eigenvalue weighted by atomic mass is 9.96. The number of methoxy groups -OCH3 is 1. The number of hydrogen-bond acceptors (Lipinski definition) is 8. The van der Waals surface area contributed by atoms with E-state index >= 15 is 0 Å². The summed E-state index contributed by atoms with van der Waals surface area (Å²) in [4.78, 5) is 30.4. The van der Waals surface area contributed by atoms with Crippen molar-refractivity contribution >= 4 is 28.2 Å². The average molecular weight is 472 g/mol. The number of nitrogens with one attached hydrogen (secondary N) is 1. The normalized spacial score (nSPS) is 14.3. The van der Waals surface area contributed by atoms with Crippen molar-refractivity contribution in [2.24, 2.45) is 4.99 Å². The zero-order chi connectivity index (χ0) is 23.4. The van der Waals surface area contributed by atoms with Crippen LogP contribution in [0.15, 0.2) is 38.6 Å². The summed E-state index contributed by atoms with van der Waals surface area (Å²) in [7, 11) is 1.54. The number of aromatic amines is 1. The Morgan fingerprint density at radius 1 is 1.21 bits per heavy atom. The highest BCUT2D eigenvalue weighted by molar-refractivity contribution is 7.16. The van der Waals surface area contributed by atoms with Crippen molar-refractivity contribution in [3.8, 4) is 11.4 Å². The molecule has 9 nitrogen and oxygen atoms in total. The lowest BCUT2D eigenvalue weighted by molar-refractivity contribution is -0.673. The zero-order valence-corrected chi connectivity index (χ0v) is 19.3. The molecule has 0 radical (unpaired) electrons. The number of benzene rings is 1. The van der Waals surface area contributed by atoms with Gasteiger partial charge in [0.05, 0.1) is 25.2 Å². The lowest BCUT2D eigenvalue weighted by Gasteiger charge is -2.11. The molecule has 2 aromatic heterocycles. The number of rotatable bonds is 6. The van der Waals surface area contributed by atoms with Crippen LogP contribution in [0.1, 0.15) is 59.1 Å². The molecular formula is C23H25N3O6S. The SMILES string of the molecule is CCOC(=O)c1c(/N=C(\[O-])c2c(=O)o[nH][n+]2-c2ccc(OC)cc2)sc2c1CCCCCC2. The topological polar surface area (TPSA) is 121 Å². The maximum Gasteiger partial charge on any atom is 0.436 e. The van der Waals surface area contributed by atoms with Crippen molar-refractivity contribution in [1.82, 2.24) is 5.27 Å². The van der Waals surface area contributed by atoms with Crippen LogP contribution in [0.2, 0.25) is 0 Å². The van der Waals surface area contributed by atoms with Crippen LogP contribution in [-0.2, 0) is 17.6 Å². The molecule has 1 aliphatic rings. The number of thiophene rings is 1. The molecule has 0 bridgehead atoms. The molecule has 3 aromatic rings. The largest absolute Gasteiger partial charge is 0.854 e. The Morgan fingerprint density at radius 2 is 1.94 bits per heavy atom. The fourth-order valence-corrected chi connectivity index (χ4v) is 5.16. The Morgan fingerprint density at radius 3 is 2.64 bits per heavy atom. The molecule has 0 saturated carbocycles. The molecule has 4 rings (SSSR count). The molecule has 174 valence electrons. The Hall–Kier alpha value is -3.40. The van der Waals surface area contributed by atoms with Crippen LogP contribution >= 0.6 is 11.3 Å². The number of esters is 1. The summed E-state index contributed by atoms with van der Waals surface area (Å²) in [6.07, 6.45) is 5.76. The van der Waals surface area contributed by atoms with E-state index in [9.17, 15) is 14.7 Å². The summed E-state index contributed by atoms with van der Waals surface area (Å²) in [5.74, 6) is -0.676. The smallest absolute Gasteiger partial charge is 0.436 e. The number of ether oxygens (including phenoxy) is 2.